The molecular formula is C18H27N. The molecule has 19 heavy (non-hydrogen) atoms. The van der Waals surface area contributed by atoms with Crippen molar-refractivity contribution in [3.05, 3.63) is 47.0 Å². The van der Waals surface area contributed by atoms with E-state index in [9.17, 15) is 0 Å². The Bertz CT molecular complexity index is 429. The van der Waals surface area contributed by atoms with Crippen molar-refractivity contribution in [2.24, 2.45) is 5.92 Å². The van der Waals surface area contributed by atoms with Gasteiger partial charge in [0.25, 0.3) is 0 Å². The molecule has 1 aromatic carbocycles. The Kier molecular flexibility index (Phi) is 5.21. The third-order valence-corrected chi connectivity index (χ3v) is 4.04. The maximum absolute atomic E-state index is 3.72. The molecule has 0 amide bonds. The average molecular weight is 257 g/mol. The van der Waals surface area contributed by atoms with Gasteiger partial charge in [0, 0.05) is 6.04 Å². The van der Waals surface area contributed by atoms with Crippen LogP contribution in [0.4, 0.5) is 0 Å². The topological polar surface area (TPSA) is 12.0 Å². The molecule has 1 heteroatoms. The zero-order chi connectivity index (χ0) is 13.7. The Balaban J connectivity index is 2.09. The first-order chi connectivity index (χ1) is 9.20. The molecule has 0 aromatic heterocycles. The zero-order valence-corrected chi connectivity index (χ0v) is 12.6. The van der Waals surface area contributed by atoms with Gasteiger partial charge in [0.2, 0.25) is 0 Å². The Morgan fingerprint density at radius 2 is 2.05 bits per heavy atom. The van der Waals surface area contributed by atoms with Crippen LogP contribution in [0.5, 0.6) is 0 Å². The van der Waals surface area contributed by atoms with Gasteiger partial charge in [-0.15, -0.1) is 0 Å². The molecule has 0 aliphatic heterocycles. The molecule has 0 radical (unpaired) electrons. The summed E-state index contributed by atoms with van der Waals surface area (Å²) in [6.45, 7) is 7.77. The first kappa shape index (κ1) is 14.3. The van der Waals surface area contributed by atoms with E-state index in [1.54, 1.807) is 11.1 Å². The Morgan fingerprint density at radius 3 is 2.74 bits per heavy atom. The van der Waals surface area contributed by atoms with E-state index in [2.05, 4.69) is 56.4 Å². The van der Waals surface area contributed by atoms with Crippen LogP contribution >= 0.6 is 0 Å². The molecule has 0 saturated heterocycles. The Hall–Kier alpha value is -1.08. The molecule has 104 valence electrons. The van der Waals surface area contributed by atoms with E-state index in [0.29, 0.717) is 6.04 Å². The van der Waals surface area contributed by atoms with E-state index >= 15 is 0 Å². The van der Waals surface area contributed by atoms with E-state index < -0.39 is 0 Å². The number of aryl methyl sites for hydroxylation is 1. The number of fused-ring (bicyclic) bond motifs is 1. The molecule has 0 heterocycles. The van der Waals surface area contributed by atoms with Crippen molar-refractivity contribution < 1.29 is 0 Å². The molecule has 1 N–H and O–H groups in total. The van der Waals surface area contributed by atoms with E-state index in [1.165, 1.54) is 31.3 Å². The fourth-order valence-corrected chi connectivity index (χ4v) is 3.06. The number of hydrogen-bond acceptors (Lipinski definition) is 1. The SMILES string of the molecule is CCCNC(C=C(C)C)C1CCc2ccccc2C1. The number of hydrogen-bond donors (Lipinski definition) is 1. The fourth-order valence-electron chi connectivity index (χ4n) is 3.06. The van der Waals surface area contributed by atoms with Crippen LogP contribution in [-0.4, -0.2) is 12.6 Å². The summed E-state index contributed by atoms with van der Waals surface area (Å²) in [4.78, 5) is 0. The molecule has 0 fully saturated rings. The van der Waals surface area contributed by atoms with E-state index in [-0.39, 0.29) is 0 Å². The number of nitrogens with one attached hydrogen (secondary N) is 1. The molecule has 2 unspecified atom stereocenters. The maximum Gasteiger partial charge on any atom is 0.0284 e. The zero-order valence-electron chi connectivity index (χ0n) is 12.6. The third-order valence-electron chi connectivity index (χ3n) is 4.04. The molecule has 1 aliphatic carbocycles. The first-order valence-corrected chi connectivity index (χ1v) is 7.66. The average Bonchev–Trinajstić information content (AvgIpc) is 2.42. The van der Waals surface area contributed by atoms with Crippen molar-refractivity contribution in [1.82, 2.24) is 5.32 Å². The largest absolute Gasteiger partial charge is 0.310 e. The second-order valence-electron chi connectivity index (χ2n) is 6.00. The Morgan fingerprint density at radius 1 is 1.32 bits per heavy atom. The summed E-state index contributed by atoms with van der Waals surface area (Å²) in [6.07, 6.45) is 7.40. The molecule has 1 aromatic rings. The second kappa shape index (κ2) is 6.91. The lowest BCUT2D eigenvalue weighted by Crippen LogP contribution is -2.38. The second-order valence-corrected chi connectivity index (χ2v) is 6.00. The van der Waals surface area contributed by atoms with Crippen LogP contribution in [0.2, 0.25) is 0 Å². The molecule has 0 bridgehead atoms. The summed E-state index contributed by atoms with van der Waals surface area (Å²) in [5.74, 6) is 0.747. The van der Waals surface area contributed by atoms with Crippen molar-refractivity contribution >= 4 is 0 Å². The third kappa shape index (κ3) is 3.94. The van der Waals surface area contributed by atoms with Crippen LogP contribution in [0.3, 0.4) is 0 Å². The van der Waals surface area contributed by atoms with Crippen LogP contribution in [0.25, 0.3) is 0 Å². The predicted octanol–water partition coefficient (Wildman–Crippen LogP) is 4.13. The van der Waals surface area contributed by atoms with Crippen molar-refractivity contribution in [2.75, 3.05) is 6.54 Å². The van der Waals surface area contributed by atoms with Gasteiger partial charge in [-0.2, -0.15) is 0 Å². The standard InChI is InChI=1S/C18H27N/c1-4-11-19-18(12-14(2)3)17-10-9-15-7-5-6-8-16(15)13-17/h5-8,12,17-19H,4,9-11,13H2,1-3H3. The minimum absolute atomic E-state index is 0.540. The van der Waals surface area contributed by atoms with E-state index in [0.717, 1.165) is 12.5 Å². The smallest absolute Gasteiger partial charge is 0.0284 e. The highest BCUT2D eigenvalue weighted by molar-refractivity contribution is 5.30. The monoisotopic (exact) mass is 257 g/mol. The summed E-state index contributed by atoms with van der Waals surface area (Å²) >= 11 is 0. The quantitative estimate of drug-likeness (QED) is 0.782. The lowest BCUT2D eigenvalue weighted by Gasteiger charge is -2.31. The molecule has 0 spiro atoms. The van der Waals surface area contributed by atoms with Crippen LogP contribution in [0.1, 0.15) is 44.7 Å². The van der Waals surface area contributed by atoms with Crippen molar-refractivity contribution in [3.8, 4) is 0 Å². The van der Waals surface area contributed by atoms with Crippen LogP contribution < -0.4 is 5.32 Å². The number of benzene rings is 1. The first-order valence-electron chi connectivity index (χ1n) is 7.66. The summed E-state index contributed by atoms with van der Waals surface area (Å²) in [5, 5.41) is 3.72. The number of rotatable bonds is 5. The highest BCUT2D eigenvalue weighted by Gasteiger charge is 2.24. The van der Waals surface area contributed by atoms with Gasteiger partial charge in [-0.1, -0.05) is 42.8 Å². The van der Waals surface area contributed by atoms with Gasteiger partial charge in [-0.3, -0.25) is 0 Å². The highest BCUT2D eigenvalue weighted by Crippen LogP contribution is 2.28. The molecule has 2 atom stereocenters. The van der Waals surface area contributed by atoms with Crippen LogP contribution in [-0.2, 0) is 12.8 Å². The summed E-state index contributed by atoms with van der Waals surface area (Å²) in [6, 6.07) is 9.49. The Labute approximate surface area is 118 Å². The van der Waals surface area contributed by atoms with Crippen molar-refractivity contribution in [1.29, 1.82) is 0 Å². The van der Waals surface area contributed by atoms with Crippen molar-refractivity contribution in [2.45, 2.75) is 52.5 Å². The molecule has 1 nitrogen and oxygen atoms in total. The lowest BCUT2D eigenvalue weighted by atomic mass is 9.79. The summed E-state index contributed by atoms with van der Waals surface area (Å²) in [7, 11) is 0. The molecular weight excluding hydrogens is 230 g/mol. The van der Waals surface area contributed by atoms with Gasteiger partial charge >= 0.3 is 0 Å². The van der Waals surface area contributed by atoms with Gasteiger partial charge < -0.3 is 5.32 Å². The predicted molar refractivity (Wildman–Crippen MR) is 83.5 cm³/mol. The highest BCUT2D eigenvalue weighted by atomic mass is 14.9. The fraction of sp³-hybridized carbons (Fsp3) is 0.556. The lowest BCUT2D eigenvalue weighted by molar-refractivity contribution is 0.364. The minimum Gasteiger partial charge on any atom is -0.310 e. The van der Waals surface area contributed by atoms with Gasteiger partial charge in [0.15, 0.2) is 0 Å². The molecule has 2 rings (SSSR count). The van der Waals surface area contributed by atoms with Gasteiger partial charge in [-0.05, 0) is 63.1 Å². The van der Waals surface area contributed by atoms with Crippen LogP contribution in [0, 0.1) is 5.92 Å². The minimum atomic E-state index is 0.540. The van der Waals surface area contributed by atoms with E-state index in [4.69, 9.17) is 0 Å². The van der Waals surface area contributed by atoms with Gasteiger partial charge in [0.05, 0.1) is 0 Å². The van der Waals surface area contributed by atoms with Gasteiger partial charge in [0.1, 0.15) is 0 Å². The normalized spacial score (nSPS) is 19.6. The molecule has 0 saturated carbocycles. The molecule has 1 aliphatic rings. The summed E-state index contributed by atoms with van der Waals surface area (Å²) in [5.41, 5.74) is 4.54. The van der Waals surface area contributed by atoms with Crippen LogP contribution in [0.15, 0.2) is 35.9 Å². The number of allylic oxidation sites excluding steroid dienone is 1. The van der Waals surface area contributed by atoms with Crippen molar-refractivity contribution in [3.63, 3.8) is 0 Å². The summed E-state index contributed by atoms with van der Waals surface area (Å²) < 4.78 is 0. The van der Waals surface area contributed by atoms with Gasteiger partial charge in [-0.25, -0.2) is 0 Å². The maximum atomic E-state index is 3.72. The van der Waals surface area contributed by atoms with E-state index in [1.807, 2.05) is 0 Å².